The van der Waals surface area contributed by atoms with E-state index in [4.69, 9.17) is 5.73 Å². The van der Waals surface area contributed by atoms with Crippen LogP contribution in [-0.4, -0.2) is 30.9 Å². The lowest BCUT2D eigenvalue weighted by Crippen LogP contribution is -2.41. The zero-order chi connectivity index (χ0) is 15.4. The fourth-order valence-corrected chi connectivity index (χ4v) is 1.32. The van der Waals surface area contributed by atoms with E-state index in [1.54, 1.807) is 32.3 Å². The van der Waals surface area contributed by atoms with Crippen LogP contribution >= 0.6 is 0 Å². The van der Waals surface area contributed by atoms with Crippen molar-refractivity contribution in [1.82, 2.24) is 4.90 Å². The number of rotatable bonds is 3. The van der Waals surface area contributed by atoms with E-state index in [2.05, 4.69) is 0 Å². The topological polar surface area (TPSA) is 46.3 Å². The fourth-order valence-electron chi connectivity index (χ4n) is 1.32. The average Bonchev–Trinajstić information content (AvgIpc) is 2.44. The lowest BCUT2D eigenvalue weighted by Gasteiger charge is -2.16. The summed E-state index contributed by atoms with van der Waals surface area (Å²) in [7, 11) is 3.26. The molecule has 0 fully saturated rings. The zero-order valence-corrected chi connectivity index (χ0v) is 12.9. The maximum absolute atomic E-state index is 13.2. The molecule has 0 saturated carbocycles. The minimum absolute atomic E-state index is 0.196. The lowest BCUT2D eigenvalue weighted by molar-refractivity contribution is -0.130. The van der Waals surface area contributed by atoms with E-state index in [1.807, 2.05) is 27.7 Å². The molecule has 4 heteroatoms. The van der Waals surface area contributed by atoms with Crippen LogP contribution in [0, 0.1) is 5.82 Å². The summed E-state index contributed by atoms with van der Waals surface area (Å²) in [5.41, 5.74) is 6.13. The van der Waals surface area contributed by atoms with Crippen LogP contribution in [0.3, 0.4) is 0 Å². The van der Waals surface area contributed by atoms with Gasteiger partial charge in [-0.2, -0.15) is 0 Å². The normalized spacial score (nSPS) is 10.3. The van der Waals surface area contributed by atoms with Crippen LogP contribution < -0.4 is 5.73 Å². The van der Waals surface area contributed by atoms with Gasteiger partial charge in [-0.05, 0) is 18.1 Å². The molecular formula is C15H27FN2O. The third kappa shape index (κ3) is 7.57. The highest BCUT2D eigenvalue weighted by atomic mass is 19.1. The zero-order valence-electron chi connectivity index (χ0n) is 12.9. The van der Waals surface area contributed by atoms with Crippen LogP contribution in [0.1, 0.15) is 33.3 Å². The van der Waals surface area contributed by atoms with Crippen molar-refractivity contribution in [3.05, 3.63) is 35.6 Å². The van der Waals surface area contributed by atoms with Gasteiger partial charge in [-0.1, -0.05) is 45.9 Å². The summed E-state index contributed by atoms with van der Waals surface area (Å²) in [5, 5.41) is 0. The Bertz CT molecular complexity index is 354. The van der Waals surface area contributed by atoms with Crippen molar-refractivity contribution in [3.63, 3.8) is 0 Å². The highest BCUT2D eigenvalue weighted by molar-refractivity contribution is 5.81. The molecule has 0 spiro atoms. The number of amides is 1. The maximum Gasteiger partial charge on any atom is 0.239 e. The second-order valence-electron chi connectivity index (χ2n) is 3.63. The van der Waals surface area contributed by atoms with Crippen LogP contribution in [-0.2, 0) is 11.2 Å². The van der Waals surface area contributed by atoms with E-state index in [0.717, 1.165) is 0 Å². The summed E-state index contributed by atoms with van der Waals surface area (Å²) in [5.74, 6) is -0.516. The molecule has 1 aromatic rings. The Balaban J connectivity index is 0. The van der Waals surface area contributed by atoms with Crippen molar-refractivity contribution < 1.29 is 9.18 Å². The first-order valence-electron chi connectivity index (χ1n) is 6.72. The molecule has 0 aliphatic rings. The molecule has 1 atom stereocenters. The van der Waals surface area contributed by atoms with Crippen molar-refractivity contribution in [1.29, 1.82) is 0 Å². The van der Waals surface area contributed by atoms with Crippen LogP contribution in [0.2, 0.25) is 0 Å². The first kappa shape index (κ1) is 19.9. The van der Waals surface area contributed by atoms with Gasteiger partial charge in [0.2, 0.25) is 5.91 Å². The second-order valence-corrected chi connectivity index (χ2v) is 3.63. The minimum Gasteiger partial charge on any atom is -0.347 e. The van der Waals surface area contributed by atoms with Gasteiger partial charge in [-0.25, -0.2) is 4.39 Å². The van der Waals surface area contributed by atoms with Gasteiger partial charge in [0.1, 0.15) is 5.82 Å². The number of hydrogen-bond donors (Lipinski definition) is 1. The first-order valence-corrected chi connectivity index (χ1v) is 6.72. The average molecular weight is 270 g/mol. The predicted molar refractivity (Wildman–Crippen MR) is 79.5 cm³/mol. The number of hydrogen-bond acceptors (Lipinski definition) is 2. The van der Waals surface area contributed by atoms with Gasteiger partial charge < -0.3 is 10.6 Å². The summed E-state index contributed by atoms with van der Waals surface area (Å²) in [6.07, 6.45) is 0.226. The molecule has 0 bridgehead atoms. The Labute approximate surface area is 116 Å². The minimum atomic E-state index is -0.683. The molecule has 3 nitrogen and oxygen atoms in total. The molecule has 0 heterocycles. The van der Waals surface area contributed by atoms with E-state index in [1.165, 1.54) is 11.0 Å². The van der Waals surface area contributed by atoms with Crippen molar-refractivity contribution in [2.24, 2.45) is 5.73 Å². The van der Waals surface area contributed by atoms with E-state index in [0.29, 0.717) is 5.56 Å². The molecule has 0 aliphatic carbocycles. The molecule has 0 saturated heterocycles. The molecule has 0 radical (unpaired) electrons. The number of likely N-dealkylation sites (N-methyl/N-ethyl adjacent to an activating group) is 1. The molecule has 1 unspecified atom stereocenters. The number of benzene rings is 1. The largest absolute Gasteiger partial charge is 0.347 e. The van der Waals surface area contributed by atoms with Crippen LogP contribution in [0.15, 0.2) is 24.3 Å². The van der Waals surface area contributed by atoms with E-state index < -0.39 is 6.04 Å². The predicted octanol–water partition coefficient (Wildman–Crippen LogP) is 2.84. The molecule has 2 N–H and O–H groups in total. The SMILES string of the molecule is CC.CC.CN(C)C(=O)C(N)Cc1ccccc1F. The van der Waals surface area contributed by atoms with Gasteiger partial charge in [0.05, 0.1) is 6.04 Å². The highest BCUT2D eigenvalue weighted by Gasteiger charge is 2.17. The standard InChI is InChI=1S/C11H15FN2O.2C2H6/c1-14(2)11(15)10(13)7-8-5-3-4-6-9(8)12;2*1-2/h3-6,10H,7,13H2,1-2H3;2*1-2H3. The van der Waals surface area contributed by atoms with Gasteiger partial charge in [0.25, 0.3) is 0 Å². The van der Waals surface area contributed by atoms with E-state index >= 15 is 0 Å². The number of carbonyl (C=O) groups excluding carboxylic acids is 1. The Morgan fingerprint density at radius 1 is 1.21 bits per heavy atom. The van der Waals surface area contributed by atoms with Gasteiger partial charge in [0.15, 0.2) is 0 Å². The van der Waals surface area contributed by atoms with Crippen LogP contribution in [0.25, 0.3) is 0 Å². The van der Waals surface area contributed by atoms with E-state index in [-0.39, 0.29) is 18.1 Å². The fraction of sp³-hybridized carbons (Fsp3) is 0.533. The van der Waals surface area contributed by atoms with Crippen LogP contribution in [0.4, 0.5) is 4.39 Å². The number of carbonyl (C=O) groups is 1. The van der Waals surface area contributed by atoms with Crippen molar-refractivity contribution >= 4 is 5.91 Å². The number of nitrogens with two attached hydrogens (primary N) is 1. The summed E-state index contributed by atoms with van der Waals surface area (Å²) < 4.78 is 13.2. The molecule has 19 heavy (non-hydrogen) atoms. The maximum atomic E-state index is 13.2. The van der Waals surface area contributed by atoms with Crippen LogP contribution in [0.5, 0.6) is 0 Å². The third-order valence-electron chi connectivity index (χ3n) is 2.16. The highest BCUT2D eigenvalue weighted by Crippen LogP contribution is 2.08. The Hall–Kier alpha value is -1.42. The monoisotopic (exact) mass is 270 g/mol. The molecular weight excluding hydrogens is 243 g/mol. The Morgan fingerprint density at radius 2 is 1.68 bits per heavy atom. The second kappa shape index (κ2) is 11.7. The molecule has 1 rings (SSSR count). The summed E-state index contributed by atoms with van der Waals surface area (Å²) >= 11 is 0. The van der Waals surface area contributed by atoms with Crippen molar-refractivity contribution in [2.75, 3.05) is 14.1 Å². The summed E-state index contributed by atoms with van der Waals surface area (Å²) in [6.45, 7) is 8.00. The number of halogens is 1. The Kier molecular flexibility index (Phi) is 12.2. The van der Waals surface area contributed by atoms with Gasteiger partial charge >= 0.3 is 0 Å². The lowest BCUT2D eigenvalue weighted by atomic mass is 10.1. The smallest absolute Gasteiger partial charge is 0.239 e. The molecule has 1 amide bonds. The van der Waals surface area contributed by atoms with E-state index in [9.17, 15) is 9.18 Å². The molecule has 0 aromatic heterocycles. The van der Waals surface area contributed by atoms with Gasteiger partial charge in [-0.3, -0.25) is 4.79 Å². The van der Waals surface area contributed by atoms with Crippen molar-refractivity contribution in [3.8, 4) is 0 Å². The number of nitrogens with zero attached hydrogens (tertiary/aromatic N) is 1. The Morgan fingerprint density at radius 3 is 2.11 bits per heavy atom. The molecule has 1 aromatic carbocycles. The molecule has 0 aliphatic heterocycles. The quantitative estimate of drug-likeness (QED) is 0.918. The first-order chi connectivity index (χ1) is 9.02. The third-order valence-corrected chi connectivity index (χ3v) is 2.16. The summed E-state index contributed by atoms with van der Waals surface area (Å²) in [6, 6.07) is 5.65. The van der Waals surface area contributed by atoms with Gasteiger partial charge in [0, 0.05) is 14.1 Å². The molecule has 110 valence electrons. The van der Waals surface area contributed by atoms with Gasteiger partial charge in [-0.15, -0.1) is 0 Å². The summed E-state index contributed by atoms with van der Waals surface area (Å²) in [4.78, 5) is 12.8. The van der Waals surface area contributed by atoms with Crippen molar-refractivity contribution in [2.45, 2.75) is 40.2 Å².